The summed E-state index contributed by atoms with van der Waals surface area (Å²) in [7, 11) is 0. The first-order valence-electron chi connectivity index (χ1n) is 6.67. The van der Waals surface area contributed by atoms with E-state index in [1.807, 2.05) is 25.1 Å². The Labute approximate surface area is 123 Å². The van der Waals surface area contributed by atoms with Gasteiger partial charge in [0.25, 0.3) is 0 Å². The van der Waals surface area contributed by atoms with Crippen LogP contribution in [0.4, 0.5) is 5.00 Å². The van der Waals surface area contributed by atoms with Gasteiger partial charge in [-0.15, -0.1) is 11.3 Å². The fourth-order valence-electron chi connectivity index (χ4n) is 2.42. The molecule has 2 N–H and O–H groups in total. The molecule has 4 heteroatoms. The van der Waals surface area contributed by atoms with Crippen molar-refractivity contribution in [2.75, 3.05) is 12.3 Å². The Morgan fingerprint density at radius 2 is 2.00 bits per heavy atom. The number of benzene rings is 1. The first kappa shape index (κ1) is 14.6. The van der Waals surface area contributed by atoms with Crippen LogP contribution in [0.15, 0.2) is 30.3 Å². The van der Waals surface area contributed by atoms with Crippen LogP contribution in [0.25, 0.3) is 0 Å². The van der Waals surface area contributed by atoms with Crippen LogP contribution in [0.2, 0.25) is 0 Å². The number of carbonyl (C=O) groups excluding carboxylic acids is 1. The molecule has 2 aromatic rings. The third-order valence-electron chi connectivity index (χ3n) is 3.37. The number of ether oxygens (including phenoxy) is 1. The SMILES string of the molecule is CCOC(=O)c1c(N)sc(C)c1C(C)c1ccccc1. The highest BCUT2D eigenvalue weighted by Crippen LogP contribution is 2.38. The number of nitrogens with two attached hydrogens (primary N) is 1. The molecule has 0 aliphatic carbocycles. The van der Waals surface area contributed by atoms with E-state index in [1.54, 1.807) is 6.92 Å². The number of esters is 1. The number of anilines is 1. The quantitative estimate of drug-likeness (QED) is 0.867. The van der Waals surface area contributed by atoms with Crippen molar-refractivity contribution in [2.24, 2.45) is 0 Å². The summed E-state index contributed by atoms with van der Waals surface area (Å²) in [6.45, 7) is 6.24. The summed E-state index contributed by atoms with van der Waals surface area (Å²) >= 11 is 1.45. The van der Waals surface area contributed by atoms with Gasteiger partial charge in [0.05, 0.1) is 12.2 Å². The molecule has 1 aromatic heterocycles. The standard InChI is InChI=1S/C16H19NO2S/c1-4-19-16(18)14-13(11(3)20-15(14)17)10(2)12-8-6-5-7-9-12/h5-10H,4,17H2,1-3H3. The minimum atomic E-state index is -0.327. The van der Waals surface area contributed by atoms with Crippen LogP contribution < -0.4 is 5.73 Å². The molecule has 0 saturated carbocycles. The molecule has 106 valence electrons. The van der Waals surface area contributed by atoms with Crippen molar-refractivity contribution in [3.63, 3.8) is 0 Å². The molecule has 0 fully saturated rings. The van der Waals surface area contributed by atoms with Crippen molar-refractivity contribution >= 4 is 22.3 Å². The van der Waals surface area contributed by atoms with Gasteiger partial charge in [-0.3, -0.25) is 0 Å². The number of carbonyl (C=O) groups is 1. The van der Waals surface area contributed by atoms with Gasteiger partial charge in [-0.2, -0.15) is 0 Å². The number of nitrogen functional groups attached to an aromatic ring is 1. The lowest BCUT2D eigenvalue weighted by molar-refractivity contribution is 0.0526. The second-order valence-electron chi connectivity index (χ2n) is 4.66. The summed E-state index contributed by atoms with van der Waals surface area (Å²) in [5.41, 5.74) is 8.69. The molecular weight excluding hydrogens is 270 g/mol. The maximum absolute atomic E-state index is 12.1. The highest BCUT2D eigenvalue weighted by Gasteiger charge is 2.25. The van der Waals surface area contributed by atoms with Crippen molar-refractivity contribution in [2.45, 2.75) is 26.7 Å². The summed E-state index contributed by atoms with van der Waals surface area (Å²) in [6, 6.07) is 10.1. The molecule has 0 aliphatic heterocycles. The average Bonchev–Trinajstić information content (AvgIpc) is 2.74. The number of thiophene rings is 1. The smallest absolute Gasteiger partial charge is 0.341 e. The van der Waals surface area contributed by atoms with Crippen molar-refractivity contribution in [3.8, 4) is 0 Å². The number of rotatable bonds is 4. The van der Waals surface area contributed by atoms with Crippen LogP contribution in [0.3, 0.4) is 0 Å². The highest BCUT2D eigenvalue weighted by molar-refractivity contribution is 7.16. The lowest BCUT2D eigenvalue weighted by atomic mass is 9.90. The zero-order chi connectivity index (χ0) is 14.7. The van der Waals surface area contributed by atoms with Gasteiger partial charge in [-0.05, 0) is 25.0 Å². The first-order valence-corrected chi connectivity index (χ1v) is 7.48. The van der Waals surface area contributed by atoms with Crippen LogP contribution in [0, 0.1) is 6.92 Å². The Hall–Kier alpha value is -1.81. The highest BCUT2D eigenvalue weighted by atomic mass is 32.1. The van der Waals surface area contributed by atoms with Gasteiger partial charge in [0.1, 0.15) is 5.00 Å². The molecule has 20 heavy (non-hydrogen) atoms. The van der Waals surface area contributed by atoms with E-state index < -0.39 is 0 Å². The van der Waals surface area contributed by atoms with E-state index in [4.69, 9.17) is 10.5 Å². The fraction of sp³-hybridized carbons (Fsp3) is 0.312. The third kappa shape index (κ3) is 2.70. The van der Waals surface area contributed by atoms with Gasteiger partial charge in [-0.25, -0.2) is 4.79 Å². The molecule has 1 aromatic carbocycles. The predicted molar refractivity (Wildman–Crippen MR) is 83.4 cm³/mol. The maximum atomic E-state index is 12.1. The zero-order valence-corrected chi connectivity index (χ0v) is 12.8. The molecule has 1 unspecified atom stereocenters. The molecule has 0 bridgehead atoms. The van der Waals surface area contributed by atoms with Crippen molar-refractivity contribution in [1.82, 2.24) is 0 Å². The second-order valence-corrected chi connectivity index (χ2v) is 5.92. The average molecular weight is 289 g/mol. The van der Waals surface area contributed by atoms with Crippen molar-refractivity contribution in [1.29, 1.82) is 0 Å². The molecular formula is C16H19NO2S. The molecule has 2 rings (SSSR count). The molecule has 0 aliphatic rings. The van der Waals surface area contributed by atoms with Gasteiger partial charge >= 0.3 is 5.97 Å². The topological polar surface area (TPSA) is 52.3 Å². The van der Waals surface area contributed by atoms with Crippen molar-refractivity contribution < 1.29 is 9.53 Å². The van der Waals surface area contributed by atoms with Gasteiger partial charge in [0.15, 0.2) is 0 Å². The summed E-state index contributed by atoms with van der Waals surface area (Å²) in [6.07, 6.45) is 0. The van der Waals surface area contributed by atoms with E-state index in [0.717, 1.165) is 10.4 Å². The van der Waals surface area contributed by atoms with E-state index in [-0.39, 0.29) is 11.9 Å². The third-order valence-corrected chi connectivity index (χ3v) is 4.32. The Bertz CT molecular complexity index is 604. The summed E-state index contributed by atoms with van der Waals surface area (Å²) in [4.78, 5) is 13.2. The largest absolute Gasteiger partial charge is 0.462 e. The molecule has 3 nitrogen and oxygen atoms in total. The van der Waals surface area contributed by atoms with E-state index in [0.29, 0.717) is 17.2 Å². The van der Waals surface area contributed by atoms with E-state index in [9.17, 15) is 4.79 Å². The molecule has 0 spiro atoms. The number of aryl methyl sites for hydroxylation is 1. The Morgan fingerprint density at radius 3 is 2.60 bits per heavy atom. The fourth-order valence-corrected chi connectivity index (χ4v) is 3.44. The van der Waals surface area contributed by atoms with E-state index in [1.165, 1.54) is 16.9 Å². The summed E-state index contributed by atoms with van der Waals surface area (Å²) in [5, 5.41) is 0.540. The lowest BCUT2D eigenvalue weighted by Gasteiger charge is -2.14. The zero-order valence-electron chi connectivity index (χ0n) is 12.0. The summed E-state index contributed by atoms with van der Waals surface area (Å²) in [5.74, 6) is -0.212. The Morgan fingerprint density at radius 1 is 1.35 bits per heavy atom. The van der Waals surface area contributed by atoms with Crippen LogP contribution >= 0.6 is 11.3 Å². The van der Waals surface area contributed by atoms with E-state index in [2.05, 4.69) is 19.1 Å². The van der Waals surface area contributed by atoms with Crippen LogP contribution in [0.1, 0.15) is 46.1 Å². The maximum Gasteiger partial charge on any atom is 0.341 e. The Kier molecular flexibility index (Phi) is 4.45. The number of hydrogen-bond donors (Lipinski definition) is 1. The predicted octanol–water partition coefficient (Wildman–Crippen LogP) is 3.97. The minimum absolute atomic E-state index is 0.115. The second kappa shape index (κ2) is 6.09. The monoisotopic (exact) mass is 289 g/mol. The molecule has 1 atom stereocenters. The minimum Gasteiger partial charge on any atom is -0.462 e. The molecule has 0 amide bonds. The van der Waals surface area contributed by atoms with E-state index >= 15 is 0 Å². The van der Waals surface area contributed by atoms with Gasteiger partial charge in [0.2, 0.25) is 0 Å². The van der Waals surface area contributed by atoms with Gasteiger partial charge < -0.3 is 10.5 Å². The molecule has 1 heterocycles. The lowest BCUT2D eigenvalue weighted by Crippen LogP contribution is -2.11. The van der Waals surface area contributed by atoms with Gasteiger partial charge in [0, 0.05) is 10.8 Å². The number of hydrogen-bond acceptors (Lipinski definition) is 4. The van der Waals surface area contributed by atoms with Crippen LogP contribution in [0.5, 0.6) is 0 Å². The van der Waals surface area contributed by atoms with Gasteiger partial charge in [-0.1, -0.05) is 37.3 Å². The van der Waals surface area contributed by atoms with Crippen molar-refractivity contribution in [3.05, 3.63) is 51.9 Å². The summed E-state index contributed by atoms with van der Waals surface area (Å²) < 4.78 is 5.14. The Balaban J connectivity index is 2.48. The molecule has 0 saturated heterocycles. The van der Waals surface area contributed by atoms with Crippen LogP contribution in [-0.2, 0) is 4.74 Å². The normalized spacial score (nSPS) is 12.2. The first-order chi connectivity index (χ1) is 9.56. The van der Waals surface area contributed by atoms with Crippen LogP contribution in [-0.4, -0.2) is 12.6 Å². The molecule has 0 radical (unpaired) electrons.